The summed E-state index contributed by atoms with van der Waals surface area (Å²) in [5.41, 5.74) is 0.352. The van der Waals surface area contributed by atoms with Gasteiger partial charge in [0.1, 0.15) is 0 Å². The lowest BCUT2D eigenvalue weighted by Crippen LogP contribution is -2.19. The molecule has 2 unspecified atom stereocenters. The molecule has 0 spiro atoms. The molecule has 0 fully saturated rings. The highest BCUT2D eigenvalue weighted by atomic mass is 16.4. The Bertz CT molecular complexity index is 266. The molecule has 0 aromatic heterocycles. The first kappa shape index (κ1) is 23.4. The molecule has 0 aliphatic rings. The van der Waals surface area contributed by atoms with Gasteiger partial charge in [0.25, 0.3) is 0 Å². The van der Waals surface area contributed by atoms with Gasteiger partial charge in [0.15, 0.2) is 0 Å². The normalized spacial score (nSPS) is 11.7. The Balaban J connectivity index is -0.000000221. The summed E-state index contributed by atoms with van der Waals surface area (Å²) in [6.45, 7) is 13.0. The van der Waals surface area contributed by atoms with Crippen LogP contribution in [0.1, 0.15) is 34.1 Å². The molecule has 0 saturated heterocycles. The molecule has 0 saturated carbocycles. The minimum absolute atomic E-state index is 0.0278. The molecule has 4 N–H and O–H groups in total. The number of carboxylic acid groups (broad SMARTS) is 2. The highest BCUT2D eigenvalue weighted by Crippen LogP contribution is 2.03. The van der Waals surface area contributed by atoms with Crippen molar-refractivity contribution in [3.8, 4) is 0 Å². The average molecular weight is 290 g/mol. The van der Waals surface area contributed by atoms with Crippen LogP contribution >= 0.6 is 0 Å². The van der Waals surface area contributed by atoms with Crippen LogP contribution in [0.2, 0.25) is 0 Å². The predicted molar refractivity (Wildman–Crippen MR) is 77.4 cm³/mol. The van der Waals surface area contributed by atoms with Gasteiger partial charge in [0.2, 0.25) is 0 Å². The van der Waals surface area contributed by atoms with E-state index in [0.717, 1.165) is 6.42 Å². The molecule has 20 heavy (non-hydrogen) atoms. The highest BCUT2D eigenvalue weighted by molar-refractivity contribution is 5.85. The Morgan fingerprint density at radius 1 is 1.05 bits per heavy atom. The lowest BCUT2D eigenvalue weighted by molar-refractivity contribution is -0.133. The van der Waals surface area contributed by atoms with Gasteiger partial charge in [0, 0.05) is 23.7 Å². The highest BCUT2D eigenvalue weighted by Gasteiger charge is 2.08. The maximum Gasteiger partial charge on any atom is 0.330 e. The fourth-order valence-electron chi connectivity index (χ4n) is 0.524. The SMILES string of the molecule is C=C(C)C(=O)O.C=C(C)C(=O)O.CCC(O)C(C)CO. The van der Waals surface area contributed by atoms with E-state index in [1.165, 1.54) is 13.8 Å². The van der Waals surface area contributed by atoms with E-state index in [0.29, 0.717) is 0 Å². The maximum atomic E-state index is 9.60. The molecule has 0 rings (SSSR count). The van der Waals surface area contributed by atoms with Crippen LogP contribution in [0.25, 0.3) is 0 Å². The van der Waals surface area contributed by atoms with Crippen LogP contribution < -0.4 is 0 Å². The van der Waals surface area contributed by atoms with Crippen molar-refractivity contribution in [2.24, 2.45) is 5.92 Å². The zero-order chi connectivity index (χ0) is 16.9. The van der Waals surface area contributed by atoms with Gasteiger partial charge in [-0.15, -0.1) is 0 Å². The van der Waals surface area contributed by atoms with Crippen LogP contribution in [0.5, 0.6) is 0 Å². The van der Waals surface area contributed by atoms with Crippen LogP contribution in [0.3, 0.4) is 0 Å². The lowest BCUT2D eigenvalue weighted by atomic mass is 10.0. The summed E-state index contributed by atoms with van der Waals surface area (Å²) in [6, 6.07) is 0. The standard InChI is InChI=1S/C6H14O2.2C4H6O2/c1-3-6(8)5(2)4-7;2*1-3(2)4(5)6/h5-8H,3-4H2,1-2H3;2*1H2,2H3,(H,5,6). The fraction of sp³-hybridized carbons (Fsp3) is 0.571. The zero-order valence-corrected chi connectivity index (χ0v) is 12.6. The smallest absolute Gasteiger partial charge is 0.330 e. The Kier molecular flexibility index (Phi) is 16.1. The van der Waals surface area contributed by atoms with Crippen molar-refractivity contribution in [2.45, 2.75) is 40.2 Å². The Morgan fingerprint density at radius 2 is 1.30 bits per heavy atom. The third-order valence-electron chi connectivity index (χ3n) is 2.09. The summed E-state index contributed by atoms with van der Waals surface area (Å²) in [5, 5.41) is 33.2. The predicted octanol–water partition coefficient (Wildman–Crippen LogP) is 1.68. The first-order valence-electron chi connectivity index (χ1n) is 6.07. The number of carboxylic acids is 2. The van der Waals surface area contributed by atoms with Gasteiger partial charge in [-0.3, -0.25) is 0 Å². The number of aliphatic carboxylic acids is 2. The summed E-state index contributed by atoms with van der Waals surface area (Å²) in [7, 11) is 0. The van der Waals surface area contributed by atoms with Gasteiger partial charge in [0.05, 0.1) is 6.10 Å². The van der Waals surface area contributed by atoms with E-state index >= 15 is 0 Å². The minimum Gasteiger partial charge on any atom is -0.478 e. The monoisotopic (exact) mass is 290 g/mol. The van der Waals surface area contributed by atoms with Crippen molar-refractivity contribution in [1.82, 2.24) is 0 Å². The molecule has 0 radical (unpaired) electrons. The lowest BCUT2D eigenvalue weighted by Gasteiger charge is -2.12. The van der Waals surface area contributed by atoms with Crippen molar-refractivity contribution >= 4 is 11.9 Å². The molecule has 6 heteroatoms. The first-order valence-corrected chi connectivity index (χ1v) is 6.07. The van der Waals surface area contributed by atoms with E-state index in [9.17, 15) is 9.59 Å². The van der Waals surface area contributed by atoms with Crippen molar-refractivity contribution in [2.75, 3.05) is 6.61 Å². The quantitative estimate of drug-likeness (QED) is 0.573. The van der Waals surface area contributed by atoms with Crippen molar-refractivity contribution < 1.29 is 30.0 Å². The fourth-order valence-corrected chi connectivity index (χ4v) is 0.524. The molecule has 2 atom stereocenters. The Morgan fingerprint density at radius 3 is 1.35 bits per heavy atom. The van der Waals surface area contributed by atoms with Crippen LogP contribution in [0.4, 0.5) is 0 Å². The number of carbonyl (C=O) groups is 2. The van der Waals surface area contributed by atoms with E-state index in [1.807, 2.05) is 13.8 Å². The largest absolute Gasteiger partial charge is 0.478 e. The molecule has 6 nitrogen and oxygen atoms in total. The Labute approximate surface area is 120 Å². The van der Waals surface area contributed by atoms with E-state index in [2.05, 4.69) is 13.2 Å². The second kappa shape index (κ2) is 13.8. The molecular formula is C14H26O6. The molecule has 0 heterocycles. The second-order valence-electron chi connectivity index (χ2n) is 4.31. The summed E-state index contributed by atoms with van der Waals surface area (Å²) in [4.78, 5) is 19.2. The summed E-state index contributed by atoms with van der Waals surface area (Å²) >= 11 is 0. The number of rotatable bonds is 5. The zero-order valence-electron chi connectivity index (χ0n) is 12.6. The second-order valence-corrected chi connectivity index (χ2v) is 4.31. The molecule has 0 aromatic carbocycles. The number of hydrogen-bond donors (Lipinski definition) is 4. The van der Waals surface area contributed by atoms with E-state index in [1.54, 1.807) is 0 Å². The average Bonchev–Trinajstić information content (AvgIpc) is 2.37. The minimum atomic E-state index is -0.935. The van der Waals surface area contributed by atoms with Gasteiger partial charge in [-0.1, -0.05) is 27.0 Å². The number of aliphatic hydroxyl groups is 2. The Hall–Kier alpha value is -1.66. The molecule has 0 aromatic rings. The summed E-state index contributed by atoms with van der Waals surface area (Å²) < 4.78 is 0. The first-order chi connectivity index (χ1) is 9.00. The topological polar surface area (TPSA) is 115 Å². The third kappa shape index (κ3) is 18.7. The molecular weight excluding hydrogens is 264 g/mol. The summed E-state index contributed by atoms with van der Waals surface area (Å²) in [6.07, 6.45) is 0.391. The molecule has 118 valence electrons. The van der Waals surface area contributed by atoms with E-state index in [-0.39, 0.29) is 29.8 Å². The van der Waals surface area contributed by atoms with Gasteiger partial charge < -0.3 is 20.4 Å². The number of hydrogen-bond acceptors (Lipinski definition) is 4. The van der Waals surface area contributed by atoms with E-state index < -0.39 is 11.9 Å². The van der Waals surface area contributed by atoms with Gasteiger partial charge in [-0.25, -0.2) is 9.59 Å². The molecule has 0 bridgehead atoms. The van der Waals surface area contributed by atoms with Crippen molar-refractivity contribution in [1.29, 1.82) is 0 Å². The molecule has 0 amide bonds. The third-order valence-corrected chi connectivity index (χ3v) is 2.09. The van der Waals surface area contributed by atoms with Gasteiger partial charge in [-0.2, -0.15) is 0 Å². The van der Waals surface area contributed by atoms with E-state index in [4.69, 9.17) is 20.4 Å². The number of aliphatic hydroxyl groups excluding tert-OH is 2. The maximum absolute atomic E-state index is 9.60. The molecule has 0 aliphatic carbocycles. The summed E-state index contributed by atoms with van der Waals surface area (Å²) in [5.74, 6) is -1.84. The van der Waals surface area contributed by atoms with Crippen molar-refractivity contribution in [3.63, 3.8) is 0 Å². The molecule has 0 aliphatic heterocycles. The van der Waals surface area contributed by atoms with Crippen LogP contribution in [0.15, 0.2) is 24.3 Å². The van der Waals surface area contributed by atoms with Crippen LogP contribution in [-0.2, 0) is 9.59 Å². The van der Waals surface area contributed by atoms with Gasteiger partial charge in [-0.05, 0) is 20.3 Å². The van der Waals surface area contributed by atoms with Crippen LogP contribution in [-0.4, -0.2) is 45.1 Å². The van der Waals surface area contributed by atoms with Crippen molar-refractivity contribution in [3.05, 3.63) is 24.3 Å². The van der Waals surface area contributed by atoms with Crippen LogP contribution in [0, 0.1) is 5.92 Å². The van der Waals surface area contributed by atoms with Gasteiger partial charge >= 0.3 is 11.9 Å².